The molecule has 1 aromatic heterocycles. The first-order chi connectivity index (χ1) is 15.1. The molecule has 0 bridgehead atoms. The average Bonchev–Trinajstić information content (AvgIpc) is 3.24. The molecule has 0 unspecified atom stereocenters. The van der Waals surface area contributed by atoms with Crippen molar-refractivity contribution in [1.82, 2.24) is 15.0 Å². The Morgan fingerprint density at radius 1 is 1.13 bits per heavy atom. The molecule has 0 radical (unpaired) electrons. The maximum atomic E-state index is 12.5. The fourth-order valence-electron chi connectivity index (χ4n) is 3.75. The molecular formula is C23H24N4O4. The maximum Gasteiger partial charge on any atom is 0.331 e. The molecule has 0 fully saturated rings. The van der Waals surface area contributed by atoms with Crippen LogP contribution in [0.5, 0.6) is 11.6 Å². The summed E-state index contributed by atoms with van der Waals surface area (Å²) in [4.78, 5) is 27.2. The van der Waals surface area contributed by atoms with E-state index in [4.69, 9.17) is 4.74 Å². The molecular weight excluding hydrogens is 396 g/mol. The van der Waals surface area contributed by atoms with E-state index in [9.17, 15) is 14.7 Å². The second-order valence-corrected chi connectivity index (χ2v) is 7.26. The number of hydrazone groups is 1. The van der Waals surface area contributed by atoms with Gasteiger partial charge in [0, 0.05) is 18.5 Å². The number of H-pyrrole nitrogens is 1. The lowest BCUT2D eigenvalue weighted by molar-refractivity contribution is 0.332. The molecule has 0 aliphatic carbocycles. The highest BCUT2D eigenvalue weighted by Crippen LogP contribution is 2.31. The maximum absolute atomic E-state index is 12.5. The lowest BCUT2D eigenvalue weighted by Crippen LogP contribution is -2.34. The van der Waals surface area contributed by atoms with Crippen LogP contribution < -0.4 is 21.4 Å². The summed E-state index contributed by atoms with van der Waals surface area (Å²) in [6, 6.07) is 17.0. The fraction of sp³-hybridized carbons (Fsp3) is 0.261. The minimum Gasteiger partial charge on any atom is -0.494 e. The molecule has 1 atom stereocenters. The highest BCUT2D eigenvalue weighted by molar-refractivity contribution is 6.03. The Bertz CT molecular complexity index is 1210. The molecule has 4 rings (SSSR count). The van der Waals surface area contributed by atoms with Crippen LogP contribution >= 0.6 is 0 Å². The SMILES string of the molecule is CCOc1ccccc1[C@H]1CC(c2c(O)n(CCc3ccccc3)c(=O)[nH]c2=O)=NN1. The number of nitrogens with one attached hydrogen (secondary N) is 2. The third kappa shape index (κ3) is 4.23. The molecule has 160 valence electrons. The average molecular weight is 420 g/mol. The first kappa shape index (κ1) is 20.5. The first-order valence-corrected chi connectivity index (χ1v) is 10.2. The highest BCUT2D eigenvalue weighted by Gasteiger charge is 2.28. The van der Waals surface area contributed by atoms with Gasteiger partial charge in [-0.3, -0.25) is 14.3 Å². The van der Waals surface area contributed by atoms with Crippen LogP contribution in [-0.4, -0.2) is 27.0 Å². The molecule has 0 saturated carbocycles. The molecule has 31 heavy (non-hydrogen) atoms. The predicted octanol–water partition coefficient (Wildman–Crippen LogP) is 2.32. The van der Waals surface area contributed by atoms with Gasteiger partial charge in [-0.05, 0) is 25.0 Å². The van der Waals surface area contributed by atoms with Gasteiger partial charge in [-0.2, -0.15) is 5.10 Å². The van der Waals surface area contributed by atoms with Crippen LogP contribution in [0.2, 0.25) is 0 Å². The quantitative estimate of drug-likeness (QED) is 0.544. The van der Waals surface area contributed by atoms with E-state index < -0.39 is 11.2 Å². The van der Waals surface area contributed by atoms with Crippen LogP contribution in [0.3, 0.4) is 0 Å². The lowest BCUT2D eigenvalue weighted by atomic mass is 9.99. The van der Waals surface area contributed by atoms with Crippen molar-refractivity contribution >= 4 is 5.71 Å². The summed E-state index contributed by atoms with van der Waals surface area (Å²) in [6.07, 6.45) is 0.909. The molecule has 1 aliphatic rings. The van der Waals surface area contributed by atoms with Crippen molar-refractivity contribution in [3.05, 3.63) is 92.1 Å². The molecule has 2 aromatic carbocycles. The van der Waals surface area contributed by atoms with Gasteiger partial charge in [0.05, 0.1) is 18.4 Å². The van der Waals surface area contributed by atoms with Gasteiger partial charge in [0.25, 0.3) is 5.56 Å². The molecule has 1 aliphatic heterocycles. The van der Waals surface area contributed by atoms with Crippen LogP contribution in [-0.2, 0) is 13.0 Å². The Hall–Kier alpha value is -3.81. The summed E-state index contributed by atoms with van der Waals surface area (Å²) < 4.78 is 6.87. The Labute approximate surface area is 178 Å². The van der Waals surface area contributed by atoms with E-state index in [2.05, 4.69) is 15.5 Å². The van der Waals surface area contributed by atoms with E-state index in [0.717, 1.165) is 16.9 Å². The number of benzene rings is 2. The Morgan fingerprint density at radius 2 is 1.87 bits per heavy atom. The standard InChI is InChI=1S/C23H24N4O4/c1-2-31-19-11-7-6-10-16(19)17-14-18(26-25-17)20-21(28)24-23(30)27(22(20)29)13-12-15-8-4-3-5-9-15/h3-11,17,25,29H,2,12-14H2,1H3,(H,24,28,30)/t17-/m1/s1. The van der Waals surface area contributed by atoms with Crippen molar-refractivity contribution in [2.24, 2.45) is 5.10 Å². The van der Waals surface area contributed by atoms with E-state index >= 15 is 0 Å². The predicted molar refractivity (Wildman–Crippen MR) is 118 cm³/mol. The number of aromatic nitrogens is 2. The smallest absolute Gasteiger partial charge is 0.331 e. The van der Waals surface area contributed by atoms with Crippen molar-refractivity contribution < 1.29 is 9.84 Å². The van der Waals surface area contributed by atoms with Crippen molar-refractivity contribution in [1.29, 1.82) is 0 Å². The molecule has 0 amide bonds. The molecule has 0 saturated heterocycles. The molecule has 3 aromatic rings. The molecule has 3 N–H and O–H groups in total. The van der Waals surface area contributed by atoms with Crippen molar-refractivity contribution in [2.45, 2.75) is 32.4 Å². The van der Waals surface area contributed by atoms with Crippen LogP contribution in [0.15, 0.2) is 69.3 Å². The number of hydrogen-bond acceptors (Lipinski definition) is 6. The second-order valence-electron chi connectivity index (χ2n) is 7.26. The number of hydrogen-bond donors (Lipinski definition) is 3. The normalized spacial score (nSPS) is 15.4. The summed E-state index contributed by atoms with van der Waals surface area (Å²) in [5, 5.41) is 15.1. The van der Waals surface area contributed by atoms with Crippen molar-refractivity contribution in [3.63, 3.8) is 0 Å². The van der Waals surface area contributed by atoms with Crippen molar-refractivity contribution in [3.8, 4) is 11.6 Å². The monoisotopic (exact) mass is 420 g/mol. The summed E-state index contributed by atoms with van der Waals surface area (Å²) in [7, 11) is 0. The summed E-state index contributed by atoms with van der Waals surface area (Å²) in [5.74, 6) is 0.369. The van der Waals surface area contributed by atoms with E-state index in [1.807, 2.05) is 61.5 Å². The molecule has 8 heteroatoms. The van der Waals surface area contributed by atoms with Crippen LogP contribution in [0, 0.1) is 0 Å². The number of ether oxygens (including phenoxy) is 1. The molecule has 2 heterocycles. The van der Waals surface area contributed by atoms with Crippen LogP contribution in [0.4, 0.5) is 0 Å². The fourth-order valence-corrected chi connectivity index (χ4v) is 3.75. The largest absolute Gasteiger partial charge is 0.494 e. The van der Waals surface area contributed by atoms with Gasteiger partial charge in [-0.15, -0.1) is 0 Å². The van der Waals surface area contributed by atoms with Gasteiger partial charge >= 0.3 is 5.69 Å². The zero-order chi connectivity index (χ0) is 21.8. The number of para-hydroxylation sites is 1. The van der Waals surface area contributed by atoms with Crippen LogP contribution in [0.25, 0.3) is 0 Å². The van der Waals surface area contributed by atoms with Gasteiger partial charge in [-0.1, -0.05) is 48.5 Å². The van der Waals surface area contributed by atoms with E-state index in [1.54, 1.807) is 0 Å². The third-order valence-electron chi connectivity index (χ3n) is 5.27. The Kier molecular flexibility index (Phi) is 5.88. The zero-order valence-corrected chi connectivity index (χ0v) is 17.2. The minimum atomic E-state index is -0.655. The van der Waals surface area contributed by atoms with Gasteiger partial charge in [0.15, 0.2) is 0 Å². The lowest BCUT2D eigenvalue weighted by Gasteiger charge is -2.15. The number of aromatic hydroxyl groups is 1. The van der Waals surface area contributed by atoms with Gasteiger partial charge < -0.3 is 15.3 Å². The van der Waals surface area contributed by atoms with E-state index in [0.29, 0.717) is 25.2 Å². The number of rotatable bonds is 7. The third-order valence-corrected chi connectivity index (χ3v) is 5.27. The van der Waals surface area contributed by atoms with E-state index in [1.165, 1.54) is 4.57 Å². The van der Waals surface area contributed by atoms with Crippen molar-refractivity contribution in [2.75, 3.05) is 6.61 Å². The van der Waals surface area contributed by atoms with Gasteiger partial charge in [0.1, 0.15) is 11.3 Å². The summed E-state index contributed by atoms with van der Waals surface area (Å²) in [5.41, 5.74) is 4.06. The molecule has 0 spiro atoms. The zero-order valence-electron chi connectivity index (χ0n) is 17.2. The number of nitrogens with zero attached hydrogens (tertiary/aromatic N) is 2. The van der Waals surface area contributed by atoms with Gasteiger partial charge in [0.2, 0.25) is 5.88 Å². The first-order valence-electron chi connectivity index (χ1n) is 10.2. The highest BCUT2D eigenvalue weighted by atomic mass is 16.5. The number of aryl methyl sites for hydroxylation is 1. The topological polar surface area (TPSA) is 109 Å². The van der Waals surface area contributed by atoms with Crippen LogP contribution in [0.1, 0.15) is 36.1 Å². The minimum absolute atomic E-state index is 0.0107. The Morgan fingerprint density at radius 3 is 2.65 bits per heavy atom. The van der Waals surface area contributed by atoms with E-state index in [-0.39, 0.29) is 24.0 Å². The number of aromatic amines is 1. The Balaban J connectivity index is 1.60. The molecule has 8 nitrogen and oxygen atoms in total. The summed E-state index contributed by atoms with van der Waals surface area (Å²) >= 11 is 0. The summed E-state index contributed by atoms with van der Waals surface area (Å²) in [6.45, 7) is 2.68. The second kappa shape index (κ2) is 8.91. The van der Waals surface area contributed by atoms with Gasteiger partial charge in [-0.25, -0.2) is 4.79 Å².